The SMILES string of the molecule is COC(c1ncc(Cl)cn1)C(C)S(=O)(=O)Nc1nnc([C@H]2COCCO2)n1C1(C)CC1. The van der Waals surface area contributed by atoms with Gasteiger partial charge in [0.05, 0.1) is 24.8 Å². The van der Waals surface area contributed by atoms with Gasteiger partial charge >= 0.3 is 0 Å². The Morgan fingerprint density at radius 2 is 2.00 bits per heavy atom. The molecule has 3 atom stereocenters. The molecule has 170 valence electrons. The molecular weight excluding hydrogens is 448 g/mol. The van der Waals surface area contributed by atoms with Crippen LogP contribution in [-0.4, -0.2) is 65.3 Å². The minimum Gasteiger partial charge on any atom is -0.376 e. The first-order valence-corrected chi connectivity index (χ1v) is 11.8. The second-order valence-corrected chi connectivity index (χ2v) is 10.4. The lowest BCUT2D eigenvalue weighted by Crippen LogP contribution is -2.34. The Kier molecular flexibility index (Phi) is 6.19. The second kappa shape index (κ2) is 8.58. The summed E-state index contributed by atoms with van der Waals surface area (Å²) in [5.74, 6) is 0.908. The average Bonchev–Trinajstić information content (AvgIpc) is 3.36. The van der Waals surface area contributed by atoms with Crippen LogP contribution < -0.4 is 4.72 Å². The lowest BCUT2D eigenvalue weighted by molar-refractivity contribution is -0.0952. The first kappa shape index (κ1) is 22.3. The van der Waals surface area contributed by atoms with Gasteiger partial charge in [0, 0.05) is 25.0 Å². The largest absolute Gasteiger partial charge is 0.376 e. The van der Waals surface area contributed by atoms with E-state index in [1.165, 1.54) is 26.4 Å². The number of anilines is 1. The first-order chi connectivity index (χ1) is 14.7. The van der Waals surface area contributed by atoms with E-state index < -0.39 is 27.5 Å². The lowest BCUT2D eigenvalue weighted by Gasteiger charge is -2.26. The van der Waals surface area contributed by atoms with Crippen molar-refractivity contribution >= 4 is 27.6 Å². The molecule has 1 saturated carbocycles. The van der Waals surface area contributed by atoms with E-state index >= 15 is 0 Å². The van der Waals surface area contributed by atoms with E-state index in [0.717, 1.165) is 12.8 Å². The standard InChI is InChI=1S/C18H25ClN6O5S/c1-11(14(28-3)15-20-8-12(19)9-21-15)31(26,27)24-17-23-22-16(13-10-29-6-7-30-13)25(17)18(2)4-5-18/h8-9,11,13-14H,4-7,10H2,1-3H3,(H,23,24)/t11?,13-,14?/m1/s1. The smallest absolute Gasteiger partial charge is 0.240 e. The molecule has 0 amide bonds. The van der Waals surface area contributed by atoms with Crippen LogP contribution in [0.1, 0.15) is 50.5 Å². The molecule has 1 aliphatic heterocycles. The van der Waals surface area contributed by atoms with Gasteiger partial charge in [-0.25, -0.2) is 18.4 Å². The topological polar surface area (TPSA) is 130 Å². The van der Waals surface area contributed by atoms with Crippen LogP contribution in [0.3, 0.4) is 0 Å². The van der Waals surface area contributed by atoms with Crippen molar-refractivity contribution in [1.29, 1.82) is 0 Å². The number of nitrogens with one attached hydrogen (secondary N) is 1. The molecule has 0 spiro atoms. The van der Waals surface area contributed by atoms with Crippen LogP contribution in [0.15, 0.2) is 12.4 Å². The number of aromatic nitrogens is 5. The van der Waals surface area contributed by atoms with Crippen LogP contribution in [0.5, 0.6) is 0 Å². The molecule has 0 bridgehead atoms. The van der Waals surface area contributed by atoms with Crippen molar-refractivity contribution in [2.45, 2.75) is 49.7 Å². The monoisotopic (exact) mass is 472 g/mol. The molecule has 1 aliphatic carbocycles. The number of hydrogen-bond donors (Lipinski definition) is 1. The second-order valence-electron chi connectivity index (χ2n) is 7.92. The van der Waals surface area contributed by atoms with Gasteiger partial charge in [-0.05, 0) is 26.7 Å². The van der Waals surface area contributed by atoms with Gasteiger partial charge in [0.2, 0.25) is 16.0 Å². The highest BCUT2D eigenvalue weighted by atomic mass is 35.5. The summed E-state index contributed by atoms with van der Waals surface area (Å²) >= 11 is 5.84. The maximum absolute atomic E-state index is 13.2. The van der Waals surface area contributed by atoms with Gasteiger partial charge in [0.15, 0.2) is 11.6 Å². The summed E-state index contributed by atoms with van der Waals surface area (Å²) in [5, 5.41) is 7.69. The zero-order valence-corrected chi connectivity index (χ0v) is 19.1. The number of nitrogens with zero attached hydrogens (tertiary/aromatic N) is 5. The molecular formula is C18H25ClN6O5S. The molecule has 2 fully saturated rings. The Bertz CT molecular complexity index is 1020. The Morgan fingerprint density at radius 1 is 1.29 bits per heavy atom. The summed E-state index contributed by atoms with van der Waals surface area (Å²) in [4.78, 5) is 8.20. The molecule has 13 heteroatoms. The van der Waals surface area contributed by atoms with Crippen molar-refractivity contribution in [1.82, 2.24) is 24.7 Å². The van der Waals surface area contributed by atoms with E-state index in [1.807, 2.05) is 11.5 Å². The van der Waals surface area contributed by atoms with Crippen molar-refractivity contribution in [2.24, 2.45) is 0 Å². The fraction of sp³-hybridized carbons (Fsp3) is 0.667. The molecule has 3 heterocycles. The van der Waals surface area contributed by atoms with Crippen LogP contribution in [0.4, 0.5) is 5.95 Å². The van der Waals surface area contributed by atoms with E-state index in [4.69, 9.17) is 25.8 Å². The number of methoxy groups -OCH3 is 1. The molecule has 1 saturated heterocycles. The molecule has 11 nitrogen and oxygen atoms in total. The maximum atomic E-state index is 13.2. The molecule has 2 unspecified atom stereocenters. The lowest BCUT2D eigenvalue weighted by atomic mass is 10.2. The third-order valence-electron chi connectivity index (χ3n) is 5.60. The predicted octanol–water partition coefficient (Wildman–Crippen LogP) is 1.84. The van der Waals surface area contributed by atoms with Crippen LogP contribution in [0.25, 0.3) is 0 Å². The summed E-state index contributed by atoms with van der Waals surface area (Å²) in [6.07, 6.45) is 3.25. The number of ether oxygens (including phenoxy) is 3. The zero-order valence-electron chi connectivity index (χ0n) is 17.5. The molecule has 1 N–H and O–H groups in total. The first-order valence-electron chi connectivity index (χ1n) is 9.92. The molecule has 4 rings (SSSR count). The van der Waals surface area contributed by atoms with Gasteiger partial charge in [-0.15, -0.1) is 10.2 Å². The van der Waals surface area contributed by atoms with E-state index in [2.05, 4.69) is 24.9 Å². The molecule has 31 heavy (non-hydrogen) atoms. The van der Waals surface area contributed by atoms with Gasteiger partial charge in [-0.3, -0.25) is 9.29 Å². The third kappa shape index (κ3) is 4.53. The van der Waals surface area contributed by atoms with Gasteiger partial charge < -0.3 is 14.2 Å². The predicted molar refractivity (Wildman–Crippen MR) is 111 cm³/mol. The fourth-order valence-electron chi connectivity index (χ4n) is 3.50. The van der Waals surface area contributed by atoms with Crippen molar-refractivity contribution in [2.75, 3.05) is 31.7 Å². The van der Waals surface area contributed by atoms with Crippen molar-refractivity contribution in [3.8, 4) is 0 Å². The Morgan fingerprint density at radius 3 is 2.58 bits per heavy atom. The fourth-order valence-corrected chi connectivity index (χ4v) is 4.73. The Labute approximate surface area is 185 Å². The van der Waals surface area contributed by atoms with Crippen molar-refractivity contribution in [3.05, 3.63) is 29.1 Å². The maximum Gasteiger partial charge on any atom is 0.240 e. The van der Waals surface area contributed by atoms with Crippen molar-refractivity contribution < 1.29 is 22.6 Å². The van der Waals surface area contributed by atoms with E-state index in [-0.39, 0.29) is 17.3 Å². The van der Waals surface area contributed by atoms with Crippen molar-refractivity contribution in [3.63, 3.8) is 0 Å². The van der Waals surface area contributed by atoms with Crippen LogP contribution in [-0.2, 0) is 29.8 Å². The number of sulfonamides is 1. The summed E-state index contributed by atoms with van der Waals surface area (Å²) < 4.78 is 47.5. The summed E-state index contributed by atoms with van der Waals surface area (Å²) in [7, 11) is -2.54. The minimum atomic E-state index is -3.94. The average molecular weight is 473 g/mol. The summed E-state index contributed by atoms with van der Waals surface area (Å²) in [6, 6.07) is 0. The quantitative estimate of drug-likeness (QED) is 0.611. The van der Waals surface area contributed by atoms with E-state index in [9.17, 15) is 8.42 Å². The van der Waals surface area contributed by atoms with Gasteiger partial charge in [-0.2, -0.15) is 0 Å². The van der Waals surface area contributed by atoms with E-state index in [0.29, 0.717) is 30.7 Å². The minimum absolute atomic E-state index is 0.142. The third-order valence-corrected chi connectivity index (χ3v) is 7.49. The normalized spacial score (nSPS) is 22.6. The molecule has 2 aliphatic rings. The highest BCUT2D eigenvalue weighted by Gasteiger charge is 2.45. The molecule has 0 radical (unpaired) electrons. The van der Waals surface area contributed by atoms with E-state index in [1.54, 1.807) is 0 Å². The number of halogens is 1. The molecule has 0 aromatic carbocycles. The Balaban J connectivity index is 1.61. The highest BCUT2D eigenvalue weighted by Crippen LogP contribution is 2.46. The highest BCUT2D eigenvalue weighted by molar-refractivity contribution is 7.93. The zero-order chi connectivity index (χ0) is 22.2. The van der Waals surface area contributed by atoms with Gasteiger partial charge in [-0.1, -0.05) is 11.6 Å². The van der Waals surface area contributed by atoms with Gasteiger partial charge in [0.1, 0.15) is 17.5 Å². The summed E-state index contributed by atoms with van der Waals surface area (Å²) in [6.45, 7) is 4.86. The van der Waals surface area contributed by atoms with Gasteiger partial charge in [0.25, 0.3) is 0 Å². The Hall–Kier alpha value is -1.86. The van der Waals surface area contributed by atoms with Crippen LogP contribution >= 0.6 is 11.6 Å². The summed E-state index contributed by atoms with van der Waals surface area (Å²) in [5.41, 5.74) is -0.277. The molecule has 2 aromatic rings. The van der Waals surface area contributed by atoms with Crippen LogP contribution in [0, 0.1) is 0 Å². The number of hydrogen-bond acceptors (Lipinski definition) is 9. The molecule has 2 aromatic heterocycles. The number of rotatable bonds is 8. The van der Waals surface area contributed by atoms with Crippen LogP contribution in [0.2, 0.25) is 5.02 Å².